The van der Waals surface area contributed by atoms with Crippen molar-refractivity contribution in [1.82, 2.24) is 26.3 Å². The number of nitrogens with one attached hydrogen (secondary N) is 4. The number of aliphatic hydroxyl groups is 1. The Morgan fingerprint density at radius 3 is 1.59 bits per heavy atom. The number of methoxy groups -OCH3 is 2. The first-order valence-corrected chi connectivity index (χ1v) is 26.2. The highest BCUT2D eigenvalue weighted by atomic mass is 79.9. The number of pyridine rings is 1. The summed E-state index contributed by atoms with van der Waals surface area (Å²) in [6, 6.07) is 33.0. The molecule has 1 unspecified atom stereocenters. The highest BCUT2D eigenvalue weighted by Gasteiger charge is 2.41. The Morgan fingerprint density at radius 2 is 1.12 bits per heavy atom. The lowest BCUT2D eigenvalue weighted by atomic mass is 10.0. The van der Waals surface area contributed by atoms with E-state index in [4.69, 9.17) is 9.47 Å². The molecular weight excluding hydrogens is 1100 g/mol. The van der Waals surface area contributed by atoms with Gasteiger partial charge in [-0.05, 0) is 116 Å². The third kappa shape index (κ3) is 10.6. The first-order valence-electron chi connectivity index (χ1n) is 24.6. The van der Waals surface area contributed by atoms with Gasteiger partial charge < -0.3 is 55.4 Å². The molecule has 0 fully saturated rings. The van der Waals surface area contributed by atoms with Crippen LogP contribution in [0.5, 0.6) is 11.5 Å². The molecule has 9 rings (SSSR count). The van der Waals surface area contributed by atoms with Gasteiger partial charge in [0.25, 0.3) is 17.7 Å². The molecule has 5 N–H and O–H groups in total. The molecule has 0 saturated carbocycles. The number of hydrogen-bond acceptors (Lipinski definition) is 12. The fourth-order valence-electron chi connectivity index (χ4n) is 9.74. The van der Waals surface area contributed by atoms with Crippen LogP contribution in [-0.2, 0) is 32.3 Å². The van der Waals surface area contributed by atoms with Gasteiger partial charge in [-0.25, -0.2) is 0 Å². The molecule has 0 bridgehead atoms. The molecule has 5 amide bonds. The lowest BCUT2D eigenvalue weighted by Gasteiger charge is -2.32. The number of rotatable bonds is 15. The number of amides is 5. The van der Waals surface area contributed by atoms with Crippen LogP contribution in [0, 0.1) is 0 Å². The van der Waals surface area contributed by atoms with Gasteiger partial charge in [0.15, 0.2) is 6.23 Å². The maximum absolute atomic E-state index is 15.0. The molecule has 6 aromatic carbocycles. The number of carbonyl (C=O) groups is 5. The molecule has 17 nitrogen and oxygen atoms in total. The first-order chi connectivity index (χ1) is 36.6. The van der Waals surface area contributed by atoms with E-state index in [1.807, 2.05) is 60.7 Å². The zero-order valence-corrected chi connectivity index (χ0v) is 45.8. The second-order valence-electron chi connectivity index (χ2n) is 18.6. The molecule has 392 valence electrons. The summed E-state index contributed by atoms with van der Waals surface area (Å²) < 4.78 is 13.5. The molecule has 7 aromatic rings. The lowest BCUT2D eigenvalue weighted by Crippen LogP contribution is -2.55. The van der Waals surface area contributed by atoms with E-state index in [0.717, 1.165) is 41.6 Å². The molecule has 0 aliphatic carbocycles. The third-order valence-electron chi connectivity index (χ3n) is 14.1. The quantitative estimate of drug-likeness (QED) is 0.0686. The van der Waals surface area contributed by atoms with Gasteiger partial charge in [-0.2, -0.15) is 0 Å². The van der Waals surface area contributed by atoms with Crippen molar-refractivity contribution in [2.75, 3.05) is 61.0 Å². The van der Waals surface area contributed by atoms with Crippen molar-refractivity contribution in [3.63, 3.8) is 0 Å². The lowest BCUT2D eigenvalue weighted by molar-refractivity contribution is -0.128. The summed E-state index contributed by atoms with van der Waals surface area (Å²) in [4.78, 5) is 83.1. The Morgan fingerprint density at radius 1 is 0.645 bits per heavy atom. The number of hydrogen-bond donors (Lipinski definition) is 5. The fourth-order valence-corrected chi connectivity index (χ4v) is 10.5. The van der Waals surface area contributed by atoms with Gasteiger partial charge in [-0.15, -0.1) is 0 Å². The minimum atomic E-state index is -1.44. The van der Waals surface area contributed by atoms with Crippen LogP contribution in [0.1, 0.15) is 47.3 Å². The SMILES string of the molecule is CN[C@@H](C)C(=O)N[C@H]1CN(C(=O)c2ccc(C(O)N3C[C@H](NC(=O)[C@H](C)NC)C(=O)N(Cc4c(OC)ccc5cc(Br)ccc45)c4ccccc43)cn2)c2ccccc2N(Cc2c(OC)ccc3cc(Br)ccc23)C1=O. The van der Waals surface area contributed by atoms with E-state index in [1.54, 1.807) is 111 Å². The summed E-state index contributed by atoms with van der Waals surface area (Å²) in [7, 11) is 6.43. The summed E-state index contributed by atoms with van der Waals surface area (Å²) in [6.07, 6.45) is -0.0526. The molecule has 2 aliphatic heterocycles. The monoisotopic (exact) mass is 1150 g/mol. The Labute approximate surface area is 456 Å². The number of benzene rings is 6. The summed E-state index contributed by atoms with van der Waals surface area (Å²) >= 11 is 7.14. The van der Waals surface area contributed by atoms with E-state index in [2.05, 4.69) is 58.1 Å². The number of anilines is 4. The Hall–Kier alpha value is -7.42. The van der Waals surface area contributed by atoms with Gasteiger partial charge in [0.1, 0.15) is 29.3 Å². The minimum Gasteiger partial charge on any atom is -0.496 e. The predicted octanol–water partition coefficient (Wildman–Crippen LogP) is 7.35. The normalized spacial score (nSPS) is 16.8. The summed E-state index contributed by atoms with van der Waals surface area (Å²) in [5.41, 5.74) is 3.52. The van der Waals surface area contributed by atoms with Crippen LogP contribution in [-0.4, -0.2) is 105 Å². The van der Waals surface area contributed by atoms with Crippen molar-refractivity contribution in [3.8, 4) is 11.5 Å². The van der Waals surface area contributed by atoms with E-state index in [-0.39, 0.29) is 37.4 Å². The van der Waals surface area contributed by atoms with Crippen molar-refractivity contribution < 1.29 is 38.6 Å². The van der Waals surface area contributed by atoms with E-state index in [1.165, 1.54) is 17.2 Å². The van der Waals surface area contributed by atoms with Crippen LogP contribution in [0.2, 0.25) is 0 Å². The summed E-state index contributed by atoms with van der Waals surface area (Å²) in [5, 5.41) is 27.7. The van der Waals surface area contributed by atoms with E-state index >= 15 is 9.59 Å². The molecular formula is C57H57Br2N9O8. The minimum absolute atomic E-state index is 0.0125. The van der Waals surface area contributed by atoms with Crippen LogP contribution in [0.4, 0.5) is 22.7 Å². The van der Waals surface area contributed by atoms with E-state index in [0.29, 0.717) is 34.2 Å². The number of para-hydroxylation sites is 4. The van der Waals surface area contributed by atoms with Crippen LogP contribution in [0.25, 0.3) is 21.5 Å². The molecule has 0 radical (unpaired) electrons. The third-order valence-corrected chi connectivity index (χ3v) is 15.1. The fraction of sp³-hybridized carbons (Fsp3) is 0.263. The Balaban J connectivity index is 1.07. The predicted molar refractivity (Wildman–Crippen MR) is 301 cm³/mol. The first kappa shape index (κ1) is 53.4. The summed E-state index contributed by atoms with van der Waals surface area (Å²) in [5.74, 6) is -1.17. The van der Waals surface area contributed by atoms with E-state index in [9.17, 15) is 19.5 Å². The number of halogens is 2. The maximum atomic E-state index is 15.0. The van der Waals surface area contributed by atoms with Crippen molar-refractivity contribution in [3.05, 3.63) is 159 Å². The highest BCUT2D eigenvalue weighted by Crippen LogP contribution is 2.42. The van der Waals surface area contributed by atoms with Crippen LogP contribution in [0.3, 0.4) is 0 Å². The number of carbonyl (C=O) groups excluding carboxylic acids is 5. The molecule has 19 heteroatoms. The second kappa shape index (κ2) is 22.8. The molecule has 0 spiro atoms. The molecule has 76 heavy (non-hydrogen) atoms. The molecule has 0 saturated heterocycles. The largest absolute Gasteiger partial charge is 0.496 e. The van der Waals surface area contributed by atoms with Gasteiger partial charge in [-0.1, -0.05) is 86.5 Å². The Bertz CT molecular complexity index is 3380. The number of nitrogens with zero attached hydrogens (tertiary/aromatic N) is 5. The summed E-state index contributed by atoms with van der Waals surface area (Å²) in [6.45, 7) is 3.07. The van der Waals surface area contributed by atoms with Crippen LogP contribution in [0.15, 0.2) is 136 Å². The number of likely N-dealkylation sites (N-methyl/N-ethyl adjacent to an activating group) is 2. The van der Waals surface area contributed by atoms with Crippen molar-refractivity contribution in [1.29, 1.82) is 0 Å². The second-order valence-corrected chi connectivity index (χ2v) is 20.4. The number of aromatic nitrogens is 1. The van der Waals surface area contributed by atoms with Gasteiger partial charge in [0.05, 0.1) is 75.2 Å². The maximum Gasteiger partial charge on any atom is 0.277 e. The van der Waals surface area contributed by atoms with Gasteiger partial charge in [-0.3, -0.25) is 29.0 Å². The van der Waals surface area contributed by atoms with Crippen molar-refractivity contribution in [2.45, 2.75) is 57.3 Å². The van der Waals surface area contributed by atoms with Crippen molar-refractivity contribution in [2.24, 2.45) is 0 Å². The Kier molecular flexibility index (Phi) is 16.0. The molecule has 5 atom stereocenters. The number of aliphatic hydroxyl groups excluding tert-OH is 1. The zero-order valence-electron chi connectivity index (χ0n) is 42.6. The van der Waals surface area contributed by atoms with Gasteiger partial charge in [0.2, 0.25) is 11.8 Å². The van der Waals surface area contributed by atoms with Crippen LogP contribution >= 0.6 is 31.9 Å². The van der Waals surface area contributed by atoms with E-state index < -0.39 is 59.9 Å². The van der Waals surface area contributed by atoms with Crippen LogP contribution < -0.4 is 50.3 Å². The molecule has 1 aromatic heterocycles. The zero-order chi connectivity index (χ0) is 53.9. The molecule has 2 aliphatic rings. The smallest absolute Gasteiger partial charge is 0.277 e. The number of fused-ring (bicyclic) bond motifs is 4. The number of ether oxygens (including phenoxy) is 2. The van der Waals surface area contributed by atoms with Gasteiger partial charge >= 0.3 is 0 Å². The highest BCUT2D eigenvalue weighted by molar-refractivity contribution is 9.10. The van der Waals surface area contributed by atoms with Crippen molar-refractivity contribution >= 4 is 106 Å². The molecule has 3 heterocycles. The average molecular weight is 1160 g/mol. The standard InChI is InChI=1S/C57H57Br2N9O8/c1-32(60-3)52(69)63-44-30-67(48-13-9-7-11-46(48)65(56(44)73)28-41-39-20-18-37(58)25-34(39)16-23-50(41)75-5)54(71)36-15-22-43(62-27-36)55(72)68-31-45(64-53(70)33(2)61-4)57(74)66(47-12-8-10-14-49(47)68)29-42-40-21-19-38(59)26-35(40)17-24-51(42)76-6/h7-27,32-33,44-45,54,60-61,71H,28-31H2,1-6H3,(H,63,69)(H,64,70)/t32-,33-,44-,45-,54?/m0/s1. The van der Waals surface area contributed by atoms with Gasteiger partial charge in [0, 0.05) is 31.8 Å². The topological polar surface area (TPSA) is 198 Å². The average Bonchev–Trinajstić information content (AvgIpc) is 3.62.